The molecule has 0 bridgehead atoms. The molecule has 0 N–H and O–H groups in total. The summed E-state index contributed by atoms with van der Waals surface area (Å²) in [5, 5.41) is 0.0592. The number of alkyl halides is 3. The number of methoxy groups -OCH3 is 1. The van der Waals surface area contributed by atoms with Crippen molar-refractivity contribution in [3.8, 4) is 0 Å². The molecular formula is C10H9Cl2F2NO2. The molecule has 0 saturated carbocycles. The molecule has 0 spiro atoms. The summed E-state index contributed by atoms with van der Waals surface area (Å²) in [6, 6.07) is 0. The smallest absolute Gasteiger partial charge is 0.311 e. The van der Waals surface area contributed by atoms with Gasteiger partial charge in [0.2, 0.25) is 0 Å². The van der Waals surface area contributed by atoms with Crippen LogP contribution >= 0.6 is 23.2 Å². The second kappa shape index (κ2) is 6.12. The normalized spacial score (nSPS) is 10.7. The fraction of sp³-hybridized carbons (Fsp3) is 0.400. The van der Waals surface area contributed by atoms with E-state index in [2.05, 4.69) is 9.72 Å². The molecule has 7 heteroatoms. The van der Waals surface area contributed by atoms with Crippen LogP contribution in [0, 0.1) is 0 Å². The van der Waals surface area contributed by atoms with E-state index < -0.39 is 18.0 Å². The molecule has 0 radical (unpaired) electrons. The van der Waals surface area contributed by atoms with Gasteiger partial charge < -0.3 is 4.74 Å². The number of ether oxygens (including phenoxy) is 1. The van der Waals surface area contributed by atoms with Crippen LogP contribution < -0.4 is 0 Å². The maximum Gasteiger partial charge on any atom is 0.311 e. The monoisotopic (exact) mass is 283 g/mol. The van der Waals surface area contributed by atoms with Crippen LogP contribution in [0.3, 0.4) is 0 Å². The Bertz CT molecular complexity index is 427. The minimum atomic E-state index is -2.80. The molecule has 0 aliphatic heterocycles. The first-order valence-electron chi connectivity index (χ1n) is 4.58. The lowest BCUT2D eigenvalue weighted by atomic mass is 10.1. The van der Waals surface area contributed by atoms with Crippen molar-refractivity contribution in [3.05, 3.63) is 28.0 Å². The Balaban J connectivity index is 3.25. The summed E-state index contributed by atoms with van der Waals surface area (Å²) in [5.41, 5.74) is -0.359. The van der Waals surface area contributed by atoms with Crippen molar-refractivity contribution in [3.63, 3.8) is 0 Å². The fourth-order valence-corrected chi connectivity index (χ4v) is 1.90. The van der Waals surface area contributed by atoms with E-state index in [-0.39, 0.29) is 28.6 Å². The molecule has 0 aromatic carbocycles. The quantitative estimate of drug-likeness (QED) is 0.630. The number of esters is 1. The number of carbonyl (C=O) groups excluding carboxylic acids is 1. The van der Waals surface area contributed by atoms with Gasteiger partial charge in [-0.2, -0.15) is 0 Å². The SMILES string of the molecule is COC(=O)Cc1ncc(Cl)c(CCl)c1C(F)F. The summed E-state index contributed by atoms with van der Waals surface area (Å²) >= 11 is 11.3. The van der Waals surface area contributed by atoms with Crippen LogP contribution in [0.4, 0.5) is 8.78 Å². The average molecular weight is 284 g/mol. The Kier molecular flexibility index (Phi) is 5.08. The first kappa shape index (κ1) is 14.1. The van der Waals surface area contributed by atoms with E-state index in [1.807, 2.05) is 0 Å². The molecule has 1 aromatic heterocycles. The second-order valence-corrected chi connectivity index (χ2v) is 3.81. The third-order valence-corrected chi connectivity index (χ3v) is 2.74. The summed E-state index contributed by atoms with van der Waals surface area (Å²) in [6.45, 7) is 0. The number of hydrogen-bond donors (Lipinski definition) is 0. The van der Waals surface area contributed by atoms with Gasteiger partial charge in [-0.1, -0.05) is 11.6 Å². The van der Waals surface area contributed by atoms with Crippen LogP contribution in [0.2, 0.25) is 5.02 Å². The average Bonchev–Trinajstić information content (AvgIpc) is 2.30. The van der Waals surface area contributed by atoms with Gasteiger partial charge in [0.05, 0.1) is 24.2 Å². The summed E-state index contributed by atoms with van der Waals surface area (Å²) < 4.78 is 30.2. The molecule has 0 aliphatic rings. The lowest BCUT2D eigenvalue weighted by Crippen LogP contribution is -2.11. The highest BCUT2D eigenvalue weighted by Crippen LogP contribution is 2.31. The van der Waals surface area contributed by atoms with Crippen molar-refractivity contribution in [2.45, 2.75) is 18.7 Å². The molecule has 0 atom stereocenters. The van der Waals surface area contributed by atoms with E-state index in [9.17, 15) is 13.6 Å². The van der Waals surface area contributed by atoms with Gasteiger partial charge in [-0.3, -0.25) is 9.78 Å². The fourth-order valence-electron chi connectivity index (χ4n) is 1.33. The lowest BCUT2D eigenvalue weighted by Gasteiger charge is -2.12. The molecule has 94 valence electrons. The molecule has 0 aliphatic carbocycles. The number of rotatable bonds is 4. The summed E-state index contributed by atoms with van der Waals surface area (Å²) in [5.74, 6) is -0.822. The second-order valence-electron chi connectivity index (χ2n) is 3.13. The number of halogens is 4. The predicted molar refractivity (Wildman–Crippen MR) is 59.5 cm³/mol. The largest absolute Gasteiger partial charge is 0.469 e. The van der Waals surface area contributed by atoms with Crippen LogP contribution in [-0.4, -0.2) is 18.1 Å². The number of aromatic nitrogens is 1. The third-order valence-electron chi connectivity index (χ3n) is 2.15. The minimum Gasteiger partial charge on any atom is -0.469 e. The molecule has 1 heterocycles. The zero-order chi connectivity index (χ0) is 13.0. The Morgan fingerprint density at radius 2 is 2.24 bits per heavy atom. The maximum absolute atomic E-state index is 12.9. The highest BCUT2D eigenvalue weighted by atomic mass is 35.5. The van der Waals surface area contributed by atoms with Gasteiger partial charge in [0.1, 0.15) is 0 Å². The van der Waals surface area contributed by atoms with Crippen molar-refractivity contribution in [1.29, 1.82) is 0 Å². The van der Waals surface area contributed by atoms with Gasteiger partial charge in [0.15, 0.2) is 0 Å². The van der Waals surface area contributed by atoms with Crippen LogP contribution in [0.1, 0.15) is 23.2 Å². The van der Waals surface area contributed by atoms with Gasteiger partial charge in [-0.25, -0.2) is 8.78 Å². The molecule has 0 fully saturated rings. The Hall–Kier alpha value is -0.940. The first-order valence-corrected chi connectivity index (χ1v) is 5.49. The summed E-state index contributed by atoms with van der Waals surface area (Å²) in [4.78, 5) is 14.8. The number of carbonyl (C=O) groups is 1. The van der Waals surface area contributed by atoms with Gasteiger partial charge >= 0.3 is 5.97 Å². The number of pyridine rings is 1. The zero-order valence-electron chi connectivity index (χ0n) is 8.84. The number of nitrogens with zero attached hydrogens (tertiary/aromatic N) is 1. The van der Waals surface area contributed by atoms with E-state index >= 15 is 0 Å². The lowest BCUT2D eigenvalue weighted by molar-refractivity contribution is -0.139. The summed E-state index contributed by atoms with van der Waals surface area (Å²) in [6.07, 6.45) is -1.93. The molecule has 0 unspecified atom stereocenters. The van der Waals surface area contributed by atoms with Crippen LogP contribution in [0.15, 0.2) is 6.20 Å². The standard InChI is InChI=1S/C10H9Cl2F2NO2/c1-17-8(16)2-7-9(10(13)14)5(3-11)6(12)4-15-7/h4,10H,2-3H2,1H3. The topological polar surface area (TPSA) is 39.2 Å². The van der Waals surface area contributed by atoms with E-state index in [1.165, 1.54) is 13.3 Å². The van der Waals surface area contributed by atoms with Crippen molar-refractivity contribution in [2.75, 3.05) is 7.11 Å². The first-order chi connectivity index (χ1) is 8.01. The van der Waals surface area contributed by atoms with Crippen molar-refractivity contribution in [2.24, 2.45) is 0 Å². The Morgan fingerprint density at radius 1 is 1.59 bits per heavy atom. The van der Waals surface area contributed by atoms with E-state index in [4.69, 9.17) is 23.2 Å². The molecule has 0 saturated heterocycles. The van der Waals surface area contributed by atoms with E-state index in [0.717, 1.165) is 0 Å². The van der Waals surface area contributed by atoms with Gasteiger partial charge in [-0.15, -0.1) is 11.6 Å². The highest BCUT2D eigenvalue weighted by molar-refractivity contribution is 6.32. The Labute approximate surface area is 107 Å². The van der Waals surface area contributed by atoms with Crippen LogP contribution in [0.5, 0.6) is 0 Å². The van der Waals surface area contributed by atoms with Crippen molar-refractivity contribution in [1.82, 2.24) is 4.98 Å². The van der Waals surface area contributed by atoms with Gasteiger partial charge in [0, 0.05) is 17.6 Å². The molecule has 17 heavy (non-hydrogen) atoms. The third kappa shape index (κ3) is 3.26. The molecule has 0 amide bonds. The minimum absolute atomic E-state index is 0.0592. The molecule has 1 rings (SSSR count). The van der Waals surface area contributed by atoms with Gasteiger partial charge in [-0.05, 0) is 5.56 Å². The van der Waals surface area contributed by atoms with Crippen LogP contribution in [-0.2, 0) is 21.8 Å². The molecule has 1 aromatic rings. The van der Waals surface area contributed by atoms with Gasteiger partial charge in [0.25, 0.3) is 6.43 Å². The maximum atomic E-state index is 12.9. The molecule has 3 nitrogen and oxygen atoms in total. The summed E-state index contributed by atoms with van der Waals surface area (Å²) in [7, 11) is 1.17. The molecular weight excluding hydrogens is 275 g/mol. The number of hydrogen-bond acceptors (Lipinski definition) is 3. The Morgan fingerprint density at radius 3 is 2.71 bits per heavy atom. The van der Waals surface area contributed by atoms with E-state index in [1.54, 1.807) is 0 Å². The van der Waals surface area contributed by atoms with Crippen molar-refractivity contribution >= 4 is 29.2 Å². The van der Waals surface area contributed by atoms with Crippen molar-refractivity contribution < 1.29 is 18.3 Å². The van der Waals surface area contributed by atoms with E-state index in [0.29, 0.717) is 0 Å². The van der Waals surface area contributed by atoms with Crippen LogP contribution in [0.25, 0.3) is 0 Å². The zero-order valence-corrected chi connectivity index (χ0v) is 10.4. The predicted octanol–water partition coefficient (Wildman–Crippen LogP) is 3.13. The highest BCUT2D eigenvalue weighted by Gasteiger charge is 2.22.